The van der Waals surface area contributed by atoms with Crippen molar-refractivity contribution in [3.05, 3.63) is 72.3 Å². The molecule has 0 radical (unpaired) electrons. The van der Waals surface area contributed by atoms with E-state index in [4.69, 9.17) is 0 Å². The smallest absolute Gasteiger partial charge is 0.113 e. The number of nitrogens with zero attached hydrogens (tertiary/aromatic N) is 3. The Labute approximate surface area is 130 Å². The predicted molar refractivity (Wildman–Crippen MR) is 88.1 cm³/mol. The van der Waals surface area contributed by atoms with Crippen LogP contribution in [0.15, 0.2) is 61.1 Å². The topological polar surface area (TPSA) is 30.7 Å². The maximum absolute atomic E-state index is 4.41. The van der Waals surface area contributed by atoms with Gasteiger partial charge in [0.25, 0.3) is 0 Å². The SMILES string of the molecule is Cc1ccccc1-c1cnn(CCC#Cc2ccccn2)c1. The van der Waals surface area contributed by atoms with E-state index >= 15 is 0 Å². The third-order valence-corrected chi connectivity index (χ3v) is 3.44. The number of aryl methyl sites for hydroxylation is 2. The van der Waals surface area contributed by atoms with E-state index in [1.807, 2.05) is 29.1 Å². The van der Waals surface area contributed by atoms with Crippen molar-refractivity contribution in [2.45, 2.75) is 19.9 Å². The quantitative estimate of drug-likeness (QED) is 0.688. The van der Waals surface area contributed by atoms with Crippen LogP contribution in [0.4, 0.5) is 0 Å². The Morgan fingerprint density at radius 3 is 2.77 bits per heavy atom. The first-order valence-electron chi connectivity index (χ1n) is 7.31. The van der Waals surface area contributed by atoms with Gasteiger partial charge in [-0.2, -0.15) is 5.10 Å². The molecule has 0 saturated heterocycles. The number of aromatic nitrogens is 3. The van der Waals surface area contributed by atoms with E-state index in [1.54, 1.807) is 6.20 Å². The average Bonchev–Trinajstić information content (AvgIpc) is 3.02. The first kappa shape index (κ1) is 14.1. The molecule has 0 bridgehead atoms. The van der Waals surface area contributed by atoms with Gasteiger partial charge in [-0.25, -0.2) is 4.98 Å². The van der Waals surface area contributed by atoms with Crippen molar-refractivity contribution in [2.75, 3.05) is 0 Å². The second-order valence-electron chi connectivity index (χ2n) is 5.07. The van der Waals surface area contributed by atoms with Crippen LogP contribution in [0.1, 0.15) is 17.7 Å². The van der Waals surface area contributed by atoms with Crippen LogP contribution in [0.5, 0.6) is 0 Å². The Kier molecular flexibility index (Phi) is 4.31. The summed E-state index contributed by atoms with van der Waals surface area (Å²) in [6.45, 7) is 2.90. The maximum atomic E-state index is 4.41. The first-order chi connectivity index (χ1) is 10.8. The summed E-state index contributed by atoms with van der Waals surface area (Å²) >= 11 is 0. The van der Waals surface area contributed by atoms with E-state index in [2.05, 4.69) is 59.3 Å². The minimum Gasteiger partial charge on any atom is -0.271 e. The second-order valence-corrected chi connectivity index (χ2v) is 5.07. The van der Waals surface area contributed by atoms with E-state index in [0.29, 0.717) is 0 Å². The van der Waals surface area contributed by atoms with Gasteiger partial charge in [-0.15, -0.1) is 0 Å². The van der Waals surface area contributed by atoms with Crippen molar-refractivity contribution in [2.24, 2.45) is 0 Å². The summed E-state index contributed by atoms with van der Waals surface area (Å²) in [6, 6.07) is 14.1. The highest BCUT2D eigenvalue weighted by Gasteiger charge is 2.03. The van der Waals surface area contributed by atoms with E-state index in [0.717, 1.165) is 24.2 Å². The average molecular weight is 287 g/mol. The molecular weight excluding hydrogens is 270 g/mol. The molecule has 0 N–H and O–H groups in total. The Morgan fingerprint density at radius 1 is 1.09 bits per heavy atom. The molecule has 3 aromatic rings. The number of benzene rings is 1. The van der Waals surface area contributed by atoms with Crippen molar-refractivity contribution in [1.82, 2.24) is 14.8 Å². The van der Waals surface area contributed by atoms with Crippen LogP contribution < -0.4 is 0 Å². The largest absolute Gasteiger partial charge is 0.271 e. The van der Waals surface area contributed by atoms with Crippen molar-refractivity contribution >= 4 is 0 Å². The minimum absolute atomic E-state index is 0.755. The Hall–Kier alpha value is -2.86. The molecule has 0 amide bonds. The Balaban J connectivity index is 1.64. The molecular formula is C19H17N3. The second kappa shape index (κ2) is 6.73. The van der Waals surface area contributed by atoms with Gasteiger partial charge in [-0.05, 0) is 36.1 Å². The summed E-state index contributed by atoms with van der Waals surface area (Å²) in [7, 11) is 0. The lowest BCUT2D eigenvalue weighted by atomic mass is 10.0. The fourth-order valence-electron chi connectivity index (χ4n) is 2.28. The zero-order valence-electron chi connectivity index (χ0n) is 12.5. The van der Waals surface area contributed by atoms with Crippen LogP contribution in [0.2, 0.25) is 0 Å². The maximum Gasteiger partial charge on any atom is 0.113 e. The van der Waals surface area contributed by atoms with Gasteiger partial charge in [0, 0.05) is 24.4 Å². The van der Waals surface area contributed by atoms with Gasteiger partial charge in [-0.1, -0.05) is 36.3 Å². The molecule has 2 aromatic heterocycles. The molecule has 0 saturated carbocycles. The van der Waals surface area contributed by atoms with Gasteiger partial charge in [0.15, 0.2) is 0 Å². The van der Waals surface area contributed by atoms with E-state index < -0.39 is 0 Å². The van der Waals surface area contributed by atoms with E-state index in [-0.39, 0.29) is 0 Å². The zero-order valence-corrected chi connectivity index (χ0v) is 12.5. The van der Waals surface area contributed by atoms with E-state index in [1.165, 1.54) is 11.1 Å². The molecule has 0 unspecified atom stereocenters. The summed E-state index contributed by atoms with van der Waals surface area (Å²) in [5.74, 6) is 6.20. The Morgan fingerprint density at radius 2 is 1.95 bits per heavy atom. The van der Waals surface area contributed by atoms with Crippen LogP contribution in [0.3, 0.4) is 0 Å². The summed E-state index contributed by atoms with van der Waals surface area (Å²) in [6.07, 6.45) is 6.50. The molecule has 0 aliphatic heterocycles. The number of pyridine rings is 1. The molecule has 22 heavy (non-hydrogen) atoms. The molecule has 0 aliphatic carbocycles. The zero-order chi connectivity index (χ0) is 15.2. The van der Waals surface area contributed by atoms with Gasteiger partial charge in [0.2, 0.25) is 0 Å². The molecule has 0 atom stereocenters. The molecule has 1 aromatic carbocycles. The normalized spacial score (nSPS) is 10.0. The molecule has 3 nitrogen and oxygen atoms in total. The molecule has 0 spiro atoms. The van der Waals surface area contributed by atoms with Gasteiger partial charge in [-0.3, -0.25) is 4.68 Å². The van der Waals surface area contributed by atoms with Crippen LogP contribution in [-0.2, 0) is 6.54 Å². The summed E-state index contributed by atoms with van der Waals surface area (Å²) in [5.41, 5.74) is 4.45. The van der Waals surface area contributed by atoms with Gasteiger partial charge in [0.1, 0.15) is 5.69 Å². The number of hydrogen-bond donors (Lipinski definition) is 0. The monoisotopic (exact) mass is 287 g/mol. The molecule has 108 valence electrons. The van der Waals surface area contributed by atoms with Crippen molar-refractivity contribution < 1.29 is 0 Å². The first-order valence-corrected chi connectivity index (χ1v) is 7.31. The highest BCUT2D eigenvalue weighted by Crippen LogP contribution is 2.22. The standard InChI is InChI=1S/C19H17N3/c1-16-8-2-3-11-19(16)17-14-21-22(15-17)13-7-5-10-18-9-4-6-12-20-18/h2-4,6,8-9,11-12,14-15H,7,13H2,1H3. The highest BCUT2D eigenvalue weighted by molar-refractivity contribution is 5.65. The van der Waals surface area contributed by atoms with Crippen molar-refractivity contribution in [3.8, 4) is 23.0 Å². The molecule has 3 rings (SSSR count). The number of rotatable bonds is 3. The van der Waals surface area contributed by atoms with Crippen molar-refractivity contribution in [1.29, 1.82) is 0 Å². The summed E-state index contributed by atoms with van der Waals surface area (Å²) in [4.78, 5) is 4.18. The summed E-state index contributed by atoms with van der Waals surface area (Å²) in [5, 5.41) is 4.41. The molecule has 3 heteroatoms. The predicted octanol–water partition coefficient (Wildman–Crippen LogP) is 3.70. The third kappa shape index (κ3) is 3.42. The molecule has 0 fully saturated rings. The van der Waals surface area contributed by atoms with Crippen molar-refractivity contribution in [3.63, 3.8) is 0 Å². The fourth-order valence-corrected chi connectivity index (χ4v) is 2.28. The van der Waals surface area contributed by atoms with Gasteiger partial charge >= 0.3 is 0 Å². The van der Waals surface area contributed by atoms with Gasteiger partial charge < -0.3 is 0 Å². The molecule has 0 aliphatic rings. The third-order valence-electron chi connectivity index (χ3n) is 3.44. The number of hydrogen-bond acceptors (Lipinski definition) is 2. The van der Waals surface area contributed by atoms with E-state index in [9.17, 15) is 0 Å². The Bertz CT molecular complexity index is 807. The lowest BCUT2D eigenvalue weighted by Crippen LogP contribution is -1.96. The van der Waals surface area contributed by atoms with Gasteiger partial charge in [0.05, 0.1) is 12.7 Å². The summed E-state index contributed by atoms with van der Waals surface area (Å²) < 4.78 is 1.94. The van der Waals surface area contributed by atoms with Crippen LogP contribution >= 0.6 is 0 Å². The van der Waals surface area contributed by atoms with Crippen LogP contribution in [0.25, 0.3) is 11.1 Å². The van der Waals surface area contributed by atoms with Crippen LogP contribution in [0, 0.1) is 18.8 Å². The molecule has 2 heterocycles. The van der Waals surface area contributed by atoms with Crippen LogP contribution in [-0.4, -0.2) is 14.8 Å². The lowest BCUT2D eigenvalue weighted by Gasteiger charge is -2.01. The fraction of sp³-hybridized carbons (Fsp3) is 0.158. The highest BCUT2D eigenvalue weighted by atomic mass is 15.3. The lowest BCUT2D eigenvalue weighted by molar-refractivity contribution is 0.630. The minimum atomic E-state index is 0.755.